The number of carbonyl (C=O) groups excluding carboxylic acids is 1. The van der Waals surface area contributed by atoms with Crippen LogP contribution in [0.15, 0.2) is 46.0 Å². The van der Waals surface area contributed by atoms with Gasteiger partial charge in [-0.25, -0.2) is 14.5 Å². The lowest BCUT2D eigenvalue weighted by Gasteiger charge is -2.34. The number of hydrogen-bond acceptors (Lipinski definition) is 8. The smallest absolute Gasteiger partial charge is 0.345 e. The first-order chi connectivity index (χ1) is 23.3. The largest absolute Gasteiger partial charge is 0.382 e. The number of benzene rings is 2. The van der Waals surface area contributed by atoms with Gasteiger partial charge < -0.3 is 19.3 Å². The lowest BCUT2D eigenvalue weighted by atomic mass is 9.86. The van der Waals surface area contributed by atoms with E-state index in [1.807, 2.05) is 44.2 Å². The lowest BCUT2D eigenvalue weighted by Crippen LogP contribution is -2.44. The summed E-state index contributed by atoms with van der Waals surface area (Å²) in [5, 5.41) is 5.01. The highest BCUT2D eigenvalue weighted by molar-refractivity contribution is 6.07. The molecule has 0 unspecified atom stereocenters. The molecule has 3 aliphatic rings. The monoisotopic (exact) mass is 630 g/mol. The van der Waals surface area contributed by atoms with Gasteiger partial charge in [-0.3, -0.25) is 18.7 Å². The normalized spacial score (nSPS) is 20.1. The number of methoxy groups -OCH3 is 1. The van der Waals surface area contributed by atoms with Crippen molar-refractivity contribution in [2.75, 3.05) is 50.2 Å². The van der Waals surface area contributed by atoms with E-state index in [0.717, 1.165) is 41.2 Å². The fourth-order valence-corrected chi connectivity index (χ4v) is 7.09. The molecule has 2 aromatic carbocycles. The molecule has 0 bridgehead atoms. The Morgan fingerprint density at radius 1 is 1.09 bits per heavy atom. The second-order valence-electron chi connectivity index (χ2n) is 13.0. The predicted octanol–water partition coefficient (Wildman–Crippen LogP) is 2.29. The zero-order chi connectivity index (χ0) is 34.7. The molecule has 12 nitrogen and oxygen atoms in total. The molecule has 5 heterocycles. The van der Waals surface area contributed by atoms with Crippen LogP contribution in [0, 0.1) is 0 Å². The third-order valence-corrected chi connectivity index (χ3v) is 9.68. The first-order valence-electron chi connectivity index (χ1n) is 17.4. The Morgan fingerprint density at radius 3 is 2.78 bits per heavy atom. The molecular formula is C34H41N7O5. The van der Waals surface area contributed by atoms with Crippen LogP contribution in [0.3, 0.4) is 0 Å². The van der Waals surface area contributed by atoms with Crippen molar-refractivity contribution in [1.82, 2.24) is 23.9 Å². The lowest BCUT2D eigenvalue weighted by molar-refractivity contribution is -0.121. The second kappa shape index (κ2) is 11.8. The Balaban J connectivity index is 1.19. The number of fused-ring (bicyclic) bond motifs is 3. The summed E-state index contributed by atoms with van der Waals surface area (Å²) >= 11 is 0. The van der Waals surface area contributed by atoms with Crippen LogP contribution in [-0.4, -0.2) is 76.3 Å². The maximum absolute atomic E-state index is 14.1. The average Bonchev–Trinajstić information content (AvgIpc) is 3.71. The number of morpholine rings is 1. The molecule has 0 saturated carbocycles. The van der Waals surface area contributed by atoms with Gasteiger partial charge in [0, 0.05) is 64.5 Å². The standard InChI is InChI=1S/C34H41N7O5/c1-34(2)26-10-7-22(18-28(26)37(3)32(34)43)11-14-39-29(12-15-41-33(44)40-13-5-6-30(40)36-41)35-27-19-23(8-9-25(27)31(39)42)38-16-17-46-24(20-38)21-45-4/h7-10,18-19,24H,5-6,11-17,20-21H2,1-4H3/t24-/m1/s1/i4D3. The minimum Gasteiger partial charge on any atom is -0.382 e. The third-order valence-electron chi connectivity index (χ3n) is 9.68. The number of rotatable bonds is 9. The summed E-state index contributed by atoms with van der Waals surface area (Å²) in [6, 6.07) is 11.6. The minimum atomic E-state index is -2.50. The molecule has 4 aromatic rings. The van der Waals surface area contributed by atoms with Gasteiger partial charge in [0.2, 0.25) is 5.91 Å². The summed E-state index contributed by atoms with van der Waals surface area (Å²) in [6.45, 7) is 6.54. The molecule has 0 aliphatic carbocycles. The summed E-state index contributed by atoms with van der Waals surface area (Å²) in [6.07, 6.45) is 2.13. The number of carbonyl (C=O) groups is 1. The summed E-state index contributed by atoms with van der Waals surface area (Å²) in [7, 11) is -0.705. The van der Waals surface area contributed by atoms with Gasteiger partial charge in [0.05, 0.1) is 46.3 Å². The SMILES string of the molecule is [2H]C([2H])([2H])OC[C@H]1CN(c2ccc3c(=O)n(CCc4ccc5c(c4)N(C)C(=O)C5(C)C)c(CCn4nc5n(c4=O)CCC5)nc3c2)CCO1. The second-order valence-corrected chi connectivity index (χ2v) is 13.0. The molecule has 0 radical (unpaired) electrons. The number of hydrogen-bond donors (Lipinski definition) is 0. The fraction of sp³-hybridized carbons (Fsp3) is 0.500. The van der Waals surface area contributed by atoms with E-state index in [9.17, 15) is 14.4 Å². The van der Waals surface area contributed by atoms with Crippen LogP contribution in [0.5, 0.6) is 0 Å². The van der Waals surface area contributed by atoms with Crippen LogP contribution >= 0.6 is 0 Å². The molecule has 12 heteroatoms. The van der Waals surface area contributed by atoms with Crippen LogP contribution in [0.2, 0.25) is 0 Å². The van der Waals surface area contributed by atoms with Crippen LogP contribution in [-0.2, 0) is 58.6 Å². The highest BCUT2D eigenvalue weighted by Gasteiger charge is 2.42. The Kier molecular flexibility index (Phi) is 6.90. The Bertz CT molecular complexity index is 2050. The zero-order valence-corrected chi connectivity index (χ0v) is 26.5. The Labute approximate surface area is 271 Å². The molecule has 3 aliphatic heterocycles. The number of ether oxygens (including phenoxy) is 2. The molecule has 1 saturated heterocycles. The van der Waals surface area contributed by atoms with Gasteiger partial charge in [-0.2, -0.15) is 5.10 Å². The molecule has 242 valence electrons. The van der Waals surface area contributed by atoms with Gasteiger partial charge in [-0.1, -0.05) is 12.1 Å². The Morgan fingerprint density at radius 2 is 1.96 bits per heavy atom. The van der Waals surface area contributed by atoms with Crippen LogP contribution in [0.4, 0.5) is 11.4 Å². The average molecular weight is 631 g/mol. The molecule has 46 heavy (non-hydrogen) atoms. The highest BCUT2D eigenvalue weighted by Crippen LogP contribution is 2.41. The summed E-state index contributed by atoms with van der Waals surface area (Å²) in [4.78, 5) is 48.7. The molecule has 0 spiro atoms. The van der Waals surface area contributed by atoms with Crippen molar-refractivity contribution in [2.24, 2.45) is 0 Å². The maximum atomic E-state index is 14.1. The zero-order valence-electron chi connectivity index (χ0n) is 29.5. The predicted molar refractivity (Wildman–Crippen MR) is 175 cm³/mol. The van der Waals surface area contributed by atoms with Gasteiger partial charge in [0.1, 0.15) is 11.6 Å². The van der Waals surface area contributed by atoms with Crippen molar-refractivity contribution >= 4 is 28.2 Å². The third kappa shape index (κ3) is 5.23. The molecule has 2 aromatic heterocycles. The van der Waals surface area contributed by atoms with Gasteiger partial charge in [0.15, 0.2) is 0 Å². The number of aromatic nitrogens is 5. The summed E-state index contributed by atoms with van der Waals surface area (Å²) < 4.78 is 37.6. The molecule has 0 N–H and O–H groups in total. The van der Waals surface area contributed by atoms with Crippen molar-refractivity contribution in [3.8, 4) is 0 Å². The van der Waals surface area contributed by atoms with Gasteiger partial charge in [-0.05, 0) is 62.1 Å². The van der Waals surface area contributed by atoms with Gasteiger partial charge in [-0.15, -0.1) is 0 Å². The van der Waals surface area contributed by atoms with Crippen molar-refractivity contribution in [1.29, 1.82) is 0 Å². The molecule has 1 amide bonds. The minimum absolute atomic E-state index is 0.0494. The van der Waals surface area contributed by atoms with E-state index in [1.54, 1.807) is 27.1 Å². The number of amides is 1. The highest BCUT2D eigenvalue weighted by atomic mass is 16.5. The van der Waals surface area contributed by atoms with Crippen molar-refractivity contribution in [3.63, 3.8) is 0 Å². The number of anilines is 2. The quantitative estimate of drug-likeness (QED) is 0.277. The maximum Gasteiger partial charge on any atom is 0.345 e. The van der Waals surface area contributed by atoms with E-state index in [2.05, 4.69) is 10.00 Å². The number of aryl methyl sites for hydroxylation is 4. The van der Waals surface area contributed by atoms with Gasteiger partial charge in [0.25, 0.3) is 5.56 Å². The molecular weight excluding hydrogens is 586 g/mol. The fourth-order valence-electron chi connectivity index (χ4n) is 7.09. The first-order valence-corrected chi connectivity index (χ1v) is 15.9. The van der Waals surface area contributed by atoms with Crippen LogP contribution in [0.1, 0.15) is 47.2 Å². The van der Waals surface area contributed by atoms with E-state index in [-0.39, 0.29) is 30.3 Å². The topological polar surface area (TPSA) is 117 Å². The molecule has 7 rings (SSSR count). The van der Waals surface area contributed by atoms with Crippen molar-refractivity contribution < 1.29 is 18.4 Å². The van der Waals surface area contributed by atoms with E-state index >= 15 is 0 Å². The number of likely N-dealkylation sites (N-methyl/N-ethyl adjacent to an activating group) is 1. The van der Waals surface area contributed by atoms with E-state index in [4.69, 9.17) is 18.6 Å². The molecule has 1 fully saturated rings. The Hall–Kier alpha value is -4.29. The van der Waals surface area contributed by atoms with E-state index < -0.39 is 18.6 Å². The van der Waals surface area contributed by atoms with E-state index in [1.165, 1.54) is 4.68 Å². The molecule has 1 atom stereocenters. The summed E-state index contributed by atoms with van der Waals surface area (Å²) in [5.74, 6) is 1.39. The van der Waals surface area contributed by atoms with Crippen LogP contribution < -0.4 is 21.0 Å². The van der Waals surface area contributed by atoms with Crippen molar-refractivity contribution in [3.05, 3.63) is 80.0 Å². The summed E-state index contributed by atoms with van der Waals surface area (Å²) in [5.41, 5.74) is 3.33. The first kappa shape index (κ1) is 26.9. The van der Waals surface area contributed by atoms with E-state index in [0.29, 0.717) is 62.4 Å². The number of nitrogens with zero attached hydrogens (tertiary/aromatic N) is 7. The van der Waals surface area contributed by atoms with Gasteiger partial charge >= 0.3 is 5.69 Å². The van der Waals surface area contributed by atoms with Crippen LogP contribution in [0.25, 0.3) is 10.9 Å². The van der Waals surface area contributed by atoms with Crippen molar-refractivity contribution in [2.45, 2.75) is 70.7 Å².